The monoisotopic (exact) mass is 268 g/mol. The Balaban J connectivity index is 2.12. The number of methoxy groups -OCH3 is 1. The van der Waals surface area contributed by atoms with Crippen LogP contribution in [-0.2, 0) is 9.84 Å². The predicted octanol–water partition coefficient (Wildman–Crippen LogP) is 0.659. The van der Waals surface area contributed by atoms with Crippen molar-refractivity contribution < 1.29 is 17.9 Å². The van der Waals surface area contributed by atoms with Crippen molar-refractivity contribution in [2.45, 2.75) is 0 Å². The maximum atomic E-state index is 11.5. The van der Waals surface area contributed by atoms with E-state index in [2.05, 4.69) is 4.99 Å². The van der Waals surface area contributed by atoms with Crippen molar-refractivity contribution in [2.75, 3.05) is 13.7 Å². The van der Waals surface area contributed by atoms with Crippen molar-refractivity contribution in [1.29, 1.82) is 0 Å². The van der Waals surface area contributed by atoms with Gasteiger partial charge in [0.2, 0.25) is 9.84 Å². The van der Waals surface area contributed by atoms with Crippen LogP contribution in [0.4, 0.5) is 0 Å². The van der Waals surface area contributed by atoms with Crippen LogP contribution in [0, 0.1) is 0 Å². The Bertz CT molecular complexity index is 620. The van der Waals surface area contributed by atoms with Gasteiger partial charge >= 0.3 is 0 Å². The molecule has 96 valence electrons. The lowest BCUT2D eigenvalue weighted by Crippen LogP contribution is -2.18. The molecule has 1 aromatic rings. The number of rotatable bonds is 4. The number of sulfone groups is 1. The number of ether oxygens (including phenoxy) is 2. The number of nitrogens with zero attached hydrogens (tertiary/aromatic N) is 1. The van der Waals surface area contributed by atoms with Gasteiger partial charge < -0.3 is 15.2 Å². The molecule has 0 bridgehead atoms. The average Bonchev–Trinajstić information content (AvgIpc) is 2.59. The minimum atomic E-state index is -3.53. The third-order valence-corrected chi connectivity index (χ3v) is 3.70. The van der Waals surface area contributed by atoms with Crippen LogP contribution in [0.1, 0.15) is 0 Å². The van der Waals surface area contributed by atoms with Gasteiger partial charge in [0.1, 0.15) is 12.4 Å². The van der Waals surface area contributed by atoms with E-state index in [-0.39, 0.29) is 17.5 Å². The number of nitrogens with two attached hydrogens (primary N) is 1. The van der Waals surface area contributed by atoms with Crippen LogP contribution in [0.3, 0.4) is 0 Å². The van der Waals surface area contributed by atoms with Gasteiger partial charge in [0.05, 0.1) is 12.5 Å². The Morgan fingerprint density at radius 1 is 1.28 bits per heavy atom. The number of benzene rings is 1. The summed E-state index contributed by atoms with van der Waals surface area (Å²) >= 11 is 0. The summed E-state index contributed by atoms with van der Waals surface area (Å²) in [5.41, 5.74) is 5.34. The molecule has 18 heavy (non-hydrogen) atoms. The van der Waals surface area contributed by atoms with Crippen LogP contribution in [0.25, 0.3) is 0 Å². The lowest BCUT2D eigenvalue weighted by molar-refractivity contribution is 0.336. The van der Waals surface area contributed by atoms with Gasteiger partial charge in [-0.05, 0) is 12.1 Å². The Hall–Kier alpha value is -2.02. The molecule has 0 fully saturated rings. The molecule has 0 unspecified atom stereocenters. The molecule has 0 atom stereocenters. The summed E-state index contributed by atoms with van der Waals surface area (Å²) in [6, 6.07) is 6.94. The van der Waals surface area contributed by atoms with Crippen molar-refractivity contribution in [3.63, 3.8) is 0 Å². The van der Waals surface area contributed by atoms with Gasteiger partial charge in [0.25, 0.3) is 0 Å². The first kappa shape index (κ1) is 12.4. The highest BCUT2D eigenvalue weighted by Crippen LogP contribution is 2.26. The summed E-state index contributed by atoms with van der Waals surface area (Å²) < 4.78 is 33.6. The molecule has 2 rings (SSSR count). The van der Waals surface area contributed by atoms with E-state index in [1.165, 1.54) is 7.11 Å². The molecule has 7 heteroatoms. The van der Waals surface area contributed by atoms with E-state index in [1.54, 1.807) is 24.3 Å². The lowest BCUT2D eigenvalue weighted by Gasteiger charge is -2.09. The molecule has 2 N–H and O–H groups in total. The fourth-order valence-corrected chi connectivity index (χ4v) is 2.42. The quantitative estimate of drug-likeness (QED) is 0.866. The zero-order chi connectivity index (χ0) is 13.2. The Morgan fingerprint density at radius 3 is 2.50 bits per heavy atom. The van der Waals surface area contributed by atoms with E-state index in [4.69, 9.17) is 15.2 Å². The summed E-state index contributed by atoms with van der Waals surface area (Å²) in [6.07, 6.45) is 0. The van der Waals surface area contributed by atoms with E-state index in [1.807, 2.05) is 0 Å². The molecular weight excluding hydrogens is 256 g/mol. The molecule has 1 aliphatic rings. The molecule has 1 aromatic carbocycles. The Morgan fingerprint density at radius 2 is 1.94 bits per heavy atom. The predicted molar refractivity (Wildman–Crippen MR) is 67.1 cm³/mol. The van der Waals surface area contributed by atoms with E-state index in [9.17, 15) is 8.42 Å². The van der Waals surface area contributed by atoms with Crippen molar-refractivity contribution in [2.24, 2.45) is 10.7 Å². The second-order valence-corrected chi connectivity index (χ2v) is 5.33. The Kier molecular flexibility index (Phi) is 3.24. The van der Waals surface area contributed by atoms with Crippen LogP contribution >= 0.6 is 0 Å². The lowest BCUT2D eigenvalue weighted by atomic mass is 10.3. The van der Waals surface area contributed by atoms with Gasteiger partial charge in [-0.1, -0.05) is 12.1 Å². The van der Waals surface area contributed by atoms with E-state index in [0.717, 1.165) is 5.41 Å². The number of hydrogen-bond donors (Lipinski definition) is 1. The molecular formula is C11H12N2O4S. The van der Waals surface area contributed by atoms with Gasteiger partial charge in [0.15, 0.2) is 16.5 Å². The summed E-state index contributed by atoms with van der Waals surface area (Å²) in [5, 5.41) is 0.805. The van der Waals surface area contributed by atoms with Gasteiger partial charge in [-0.15, -0.1) is 0 Å². The highest BCUT2D eigenvalue weighted by molar-refractivity contribution is 8.09. The van der Waals surface area contributed by atoms with Crippen molar-refractivity contribution >= 4 is 14.9 Å². The zero-order valence-corrected chi connectivity index (χ0v) is 10.5. The van der Waals surface area contributed by atoms with Crippen LogP contribution in [0.5, 0.6) is 11.5 Å². The minimum Gasteiger partial charge on any atom is -0.493 e. The van der Waals surface area contributed by atoms with Gasteiger partial charge in [0, 0.05) is 0 Å². The normalized spacial score (nSPS) is 16.9. The highest BCUT2D eigenvalue weighted by Gasteiger charge is 2.24. The van der Waals surface area contributed by atoms with Crippen molar-refractivity contribution in [1.82, 2.24) is 0 Å². The van der Waals surface area contributed by atoms with Gasteiger partial charge in [-0.2, -0.15) is 0 Å². The average molecular weight is 268 g/mol. The minimum absolute atomic E-state index is 0.0337. The number of hydrogen-bond acceptors (Lipinski definition) is 6. The molecule has 0 saturated heterocycles. The maximum absolute atomic E-state index is 11.5. The molecule has 0 spiro atoms. The molecule has 6 nitrogen and oxygen atoms in total. The van der Waals surface area contributed by atoms with Gasteiger partial charge in [-0.3, -0.25) is 0 Å². The van der Waals surface area contributed by atoms with Crippen molar-refractivity contribution in [3.05, 3.63) is 35.5 Å². The van der Waals surface area contributed by atoms with Crippen LogP contribution in [0.15, 0.2) is 40.5 Å². The fraction of sp³-hybridized carbons (Fsp3) is 0.182. The highest BCUT2D eigenvalue weighted by atomic mass is 32.2. The first-order valence-corrected chi connectivity index (χ1v) is 6.63. The molecule has 0 aliphatic carbocycles. The standard InChI is InChI=1S/C11H12N2O4S/c1-16-8-4-2-3-5-9(8)17-6-11-13-10(12)7-18(11,14)15/h2-5,7H,6,12H2,1H3. The maximum Gasteiger partial charge on any atom is 0.220 e. The summed E-state index contributed by atoms with van der Waals surface area (Å²) in [6.45, 7) is -0.181. The topological polar surface area (TPSA) is 91.0 Å². The van der Waals surface area contributed by atoms with E-state index in [0.29, 0.717) is 11.5 Å². The molecule has 0 aromatic heterocycles. The molecule has 0 radical (unpaired) electrons. The first-order valence-electron chi connectivity index (χ1n) is 5.08. The summed E-state index contributed by atoms with van der Waals surface area (Å²) in [5.74, 6) is 0.937. The van der Waals surface area contributed by atoms with Gasteiger partial charge in [-0.25, -0.2) is 13.4 Å². The third-order valence-electron chi connectivity index (χ3n) is 2.28. The second-order valence-electron chi connectivity index (χ2n) is 3.53. The SMILES string of the molecule is COc1ccccc1OCC1=NC(N)=CS1(=O)=O. The smallest absolute Gasteiger partial charge is 0.220 e. The zero-order valence-electron chi connectivity index (χ0n) is 9.66. The molecule has 1 heterocycles. The van der Waals surface area contributed by atoms with E-state index >= 15 is 0 Å². The molecule has 0 amide bonds. The largest absolute Gasteiger partial charge is 0.493 e. The third kappa shape index (κ3) is 2.45. The van der Waals surface area contributed by atoms with E-state index < -0.39 is 9.84 Å². The fourth-order valence-electron chi connectivity index (χ4n) is 1.45. The second kappa shape index (κ2) is 4.69. The Labute approximate surface area is 105 Å². The molecule has 1 aliphatic heterocycles. The van der Waals surface area contributed by atoms with Crippen LogP contribution in [0.2, 0.25) is 0 Å². The summed E-state index contributed by atoms with van der Waals surface area (Å²) in [4.78, 5) is 3.71. The number of aliphatic imine (C=N–C) groups is 1. The van der Waals surface area contributed by atoms with Crippen LogP contribution in [-0.4, -0.2) is 27.2 Å². The van der Waals surface area contributed by atoms with Crippen molar-refractivity contribution in [3.8, 4) is 11.5 Å². The summed E-state index contributed by atoms with van der Waals surface area (Å²) in [7, 11) is -2.02. The molecule has 0 saturated carbocycles. The van der Waals surface area contributed by atoms with Crippen LogP contribution < -0.4 is 15.2 Å². The first-order chi connectivity index (χ1) is 8.53. The number of para-hydroxylation sites is 2.